The average Bonchev–Trinajstić information content (AvgIpc) is 2.44. The molecule has 0 bridgehead atoms. The normalized spacial score (nSPS) is 9.88. The number of benzene rings is 2. The van der Waals surface area contributed by atoms with Crippen molar-refractivity contribution in [3.05, 3.63) is 67.6 Å². The van der Waals surface area contributed by atoms with E-state index in [4.69, 9.17) is 5.11 Å². The van der Waals surface area contributed by atoms with E-state index < -0.39 is 46.3 Å². The van der Waals surface area contributed by atoms with Gasteiger partial charge in [-0.2, -0.15) is 0 Å². The maximum absolute atomic E-state index is 13.0. The van der Waals surface area contributed by atoms with Crippen LogP contribution in [-0.2, 0) is 4.74 Å². The Morgan fingerprint density at radius 2 is 1.20 bits per heavy atom. The van der Waals surface area contributed by atoms with Gasteiger partial charge in [0.05, 0.1) is 7.11 Å². The van der Waals surface area contributed by atoms with E-state index in [1.165, 1.54) is 0 Å². The molecule has 0 aliphatic carbocycles. The van der Waals surface area contributed by atoms with Gasteiger partial charge in [-0.05, 0) is 24.3 Å². The van der Waals surface area contributed by atoms with Gasteiger partial charge in [0.2, 0.25) is 0 Å². The summed E-state index contributed by atoms with van der Waals surface area (Å²) in [7, 11) is 1.06. The zero-order valence-electron chi connectivity index (χ0n) is 12.2. The summed E-state index contributed by atoms with van der Waals surface area (Å²) in [5.74, 6) is -6.71. The Balaban J connectivity index is -0.000000404. The van der Waals surface area contributed by atoms with Crippen LogP contribution in [0.25, 0.3) is 0 Å². The Kier molecular flexibility index (Phi) is 7.56. The lowest BCUT2D eigenvalue weighted by atomic mass is 10.2. The fourth-order valence-corrected chi connectivity index (χ4v) is 2.39. The number of ether oxygens (including phenoxy) is 1. The minimum Gasteiger partial charge on any atom is -0.477 e. The molecule has 0 saturated heterocycles. The predicted molar refractivity (Wildman–Crippen MR) is 92.8 cm³/mol. The van der Waals surface area contributed by atoms with Crippen LogP contribution in [0.2, 0.25) is 0 Å². The van der Waals surface area contributed by atoms with E-state index in [0.29, 0.717) is 0 Å². The number of halogens is 6. The first-order valence-corrected chi connectivity index (χ1v) is 7.77. The lowest BCUT2D eigenvalue weighted by Gasteiger charge is -2.02. The monoisotopic (exact) mass is 492 g/mol. The van der Waals surface area contributed by atoms with Gasteiger partial charge in [-0.3, -0.25) is 0 Å². The molecule has 0 aromatic heterocycles. The van der Waals surface area contributed by atoms with Gasteiger partial charge < -0.3 is 9.84 Å². The van der Waals surface area contributed by atoms with Crippen molar-refractivity contribution in [3.8, 4) is 0 Å². The van der Waals surface area contributed by atoms with Crippen molar-refractivity contribution in [2.24, 2.45) is 0 Å². The smallest absolute Gasteiger partial charge is 0.343 e. The molecule has 2 aromatic carbocycles. The molecule has 0 radical (unpaired) electrons. The molecule has 0 unspecified atom stereocenters. The molecule has 0 amide bonds. The standard InChI is InChI=1S/C8H5BrF2O2.C7H3BrF2O2.3H2/c1-13-8(12)7-5(10)2-4(9)3-6(7)11;8-3-1-4(9)6(7(11)12)5(10)2-3;;;/h2-3H,1H3;1-2H,(H,11,12);3*1H. The Morgan fingerprint density at radius 1 is 0.880 bits per heavy atom. The van der Waals surface area contributed by atoms with E-state index in [0.717, 1.165) is 31.4 Å². The Labute approximate surface area is 160 Å². The largest absolute Gasteiger partial charge is 0.477 e. The van der Waals surface area contributed by atoms with Crippen molar-refractivity contribution in [2.45, 2.75) is 0 Å². The molecule has 2 rings (SSSR count). The fourth-order valence-electron chi connectivity index (χ4n) is 1.59. The van der Waals surface area contributed by atoms with Crippen LogP contribution < -0.4 is 0 Å². The topological polar surface area (TPSA) is 63.6 Å². The first kappa shape index (κ1) is 21.1. The highest BCUT2D eigenvalue weighted by Crippen LogP contribution is 2.20. The van der Waals surface area contributed by atoms with Crippen LogP contribution in [0.4, 0.5) is 17.6 Å². The molecule has 0 spiro atoms. The molecule has 0 heterocycles. The van der Waals surface area contributed by atoms with Crippen molar-refractivity contribution in [3.63, 3.8) is 0 Å². The van der Waals surface area contributed by atoms with Crippen LogP contribution in [0.1, 0.15) is 25.0 Å². The van der Waals surface area contributed by atoms with Gasteiger partial charge in [0.1, 0.15) is 34.4 Å². The molecule has 4 nitrogen and oxygen atoms in total. The molecule has 0 atom stereocenters. The summed E-state index contributed by atoms with van der Waals surface area (Å²) in [5.41, 5.74) is -1.61. The number of carbonyl (C=O) groups excluding carboxylic acids is 1. The number of methoxy groups -OCH3 is 1. The molecule has 2 aromatic rings. The summed E-state index contributed by atoms with van der Waals surface area (Å²) < 4.78 is 56.0. The Hall–Kier alpha value is -1.94. The first-order chi connectivity index (χ1) is 11.6. The summed E-state index contributed by atoms with van der Waals surface area (Å²) in [6, 6.07) is 3.78. The molecule has 1 N–H and O–H groups in total. The van der Waals surface area contributed by atoms with Gasteiger partial charge in [0.25, 0.3) is 0 Å². The highest BCUT2D eigenvalue weighted by Gasteiger charge is 2.18. The second-order valence-corrected chi connectivity index (χ2v) is 6.12. The number of carboxylic acids is 1. The van der Waals surface area contributed by atoms with E-state index >= 15 is 0 Å². The molecule has 10 heteroatoms. The Morgan fingerprint density at radius 3 is 1.48 bits per heavy atom. The van der Waals surface area contributed by atoms with Crippen LogP contribution in [0.5, 0.6) is 0 Å². The van der Waals surface area contributed by atoms with Crippen molar-refractivity contribution in [2.75, 3.05) is 7.11 Å². The highest BCUT2D eigenvalue weighted by atomic mass is 79.9. The zero-order valence-corrected chi connectivity index (χ0v) is 15.4. The number of hydrogen-bond acceptors (Lipinski definition) is 3. The number of aromatic carboxylic acids is 1. The molecular weight excluding hydrogens is 480 g/mol. The van der Waals surface area contributed by atoms with Gasteiger partial charge >= 0.3 is 11.9 Å². The lowest BCUT2D eigenvalue weighted by Crippen LogP contribution is -2.07. The Bertz CT molecular complexity index is 795. The average molecular weight is 494 g/mol. The number of hydrogen-bond donors (Lipinski definition) is 1. The molecule has 0 aliphatic heterocycles. The highest BCUT2D eigenvalue weighted by molar-refractivity contribution is 9.10. The van der Waals surface area contributed by atoms with E-state index in [1.807, 2.05) is 0 Å². The molecular formula is C15H14Br2F4O4. The number of esters is 1. The van der Waals surface area contributed by atoms with Crippen molar-refractivity contribution in [1.29, 1.82) is 0 Å². The second-order valence-electron chi connectivity index (χ2n) is 4.29. The van der Waals surface area contributed by atoms with Crippen molar-refractivity contribution >= 4 is 43.8 Å². The van der Waals surface area contributed by atoms with E-state index in [-0.39, 0.29) is 13.2 Å². The summed E-state index contributed by atoms with van der Waals surface area (Å²) in [6.07, 6.45) is 0. The molecule has 0 saturated carbocycles. The van der Waals surface area contributed by atoms with Gasteiger partial charge in [-0.25, -0.2) is 27.2 Å². The number of rotatable bonds is 2. The fraction of sp³-hybridized carbons (Fsp3) is 0.0667. The molecule has 25 heavy (non-hydrogen) atoms. The van der Waals surface area contributed by atoms with Crippen LogP contribution in [-0.4, -0.2) is 24.2 Å². The summed E-state index contributed by atoms with van der Waals surface area (Å²) in [4.78, 5) is 21.1. The summed E-state index contributed by atoms with van der Waals surface area (Å²) in [5, 5.41) is 8.34. The molecule has 0 aliphatic rings. The van der Waals surface area contributed by atoms with E-state index in [2.05, 4.69) is 36.6 Å². The first-order valence-electron chi connectivity index (χ1n) is 6.19. The van der Waals surface area contributed by atoms with Gasteiger partial charge in [0.15, 0.2) is 0 Å². The minimum absolute atomic E-state index is 0. The van der Waals surface area contributed by atoms with Gasteiger partial charge in [-0.15, -0.1) is 0 Å². The predicted octanol–water partition coefficient (Wildman–Crippen LogP) is 5.68. The summed E-state index contributed by atoms with van der Waals surface area (Å²) in [6.45, 7) is 0. The van der Waals surface area contributed by atoms with E-state index in [9.17, 15) is 27.2 Å². The summed E-state index contributed by atoms with van der Waals surface area (Å²) >= 11 is 5.71. The maximum Gasteiger partial charge on any atom is 0.343 e. The number of carboxylic acid groups (broad SMARTS) is 1. The van der Waals surface area contributed by atoms with Crippen molar-refractivity contribution < 1.29 is 41.3 Å². The van der Waals surface area contributed by atoms with Crippen molar-refractivity contribution in [1.82, 2.24) is 0 Å². The zero-order chi connectivity index (χ0) is 19.3. The van der Waals surface area contributed by atoms with E-state index in [1.54, 1.807) is 0 Å². The molecule has 140 valence electrons. The van der Waals surface area contributed by atoms with Crippen LogP contribution >= 0.6 is 31.9 Å². The van der Waals surface area contributed by atoms with Gasteiger partial charge in [-0.1, -0.05) is 31.9 Å². The SMILES string of the molecule is COC(=O)c1c(F)cc(Br)cc1F.O=C(O)c1c(F)cc(Br)cc1F.[HH].[HH].[HH]. The molecule has 0 fully saturated rings. The third kappa shape index (κ3) is 5.53. The van der Waals surface area contributed by atoms with Gasteiger partial charge in [0, 0.05) is 13.2 Å². The maximum atomic E-state index is 13.0. The minimum atomic E-state index is -1.61. The van der Waals surface area contributed by atoms with Crippen LogP contribution in [0.3, 0.4) is 0 Å². The third-order valence-corrected chi connectivity index (χ3v) is 3.53. The third-order valence-electron chi connectivity index (χ3n) is 2.62. The lowest BCUT2D eigenvalue weighted by molar-refractivity contribution is 0.0588. The quantitative estimate of drug-likeness (QED) is 0.432. The number of carbonyl (C=O) groups is 2. The van der Waals surface area contributed by atoms with Crippen LogP contribution in [0.15, 0.2) is 33.2 Å². The van der Waals surface area contributed by atoms with Crippen LogP contribution in [0, 0.1) is 23.3 Å². The second kappa shape index (κ2) is 8.95.